The van der Waals surface area contributed by atoms with Crippen molar-refractivity contribution in [3.05, 3.63) is 69.7 Å². The summed E-state index contributed by atoms with van der Waals surface area (Å²) in [6.07, 6.45) is 1.84. The SMILES string of the molecule is CCC(CN(C)S(=O)(=O)C1CC1)N1C(=O)[C@H](CC(=O)O)C[C@H](c2cccc(Cl)c2)[C@H]1c1ccc(Cl)cc1. The van der Waals surface area contributed by atoms with E-state index in [0.717, 1.165) is 11.1 Å². The standard InChI is InChI=1S/C27H32Cl2N2O5S/c1-3-22(16-30(2)37(35,36)23-11-12-23)31-26(17-7-9-20(28)10-8-17)24(18-5-4-6-21(29)13-18)14-19(27(31)34)15-25(32)33/h4-10,13,19,22-24,26H,3,11-12,14-16H2,1-2H3,(H,32,33)/t19-,22?,24+,26+/m0/s1. The quantitative estimate of drug-likeness (QED) is 0.418. The Morgan fingerprint density at radius 2 is 1.78 bits per heavy atom. The number of carboxylic acid groups (broad SMARTS) is 1. The summed E-state index contributed by atoms with van der Waals surface area (Å²) in [5, 5.41) is 10.4. The van der Waals surface area contributed by atoms with E-state index in [-0.39, 0.29) is 30.0 Å². The number of hydrogen-bond donors (Lipinski definition) is 1. The Labute approximate surface area is 228 Å². The summed E-state index contributed by atoms with van der Waals surface area (Å²) in [6.45, 7) is 2.05. The van der Waals surface area contributed by atoms with Gasteiger partial charge >= 0.3 is 5.97 Å². The highest BCUT2D eigenvalue weighted by Gasteiger charge is 2.47. The third-order valence-electron chi connectivity index (χ3n) is 7.44. The van der Waals surface area contributed by atoms with Gasteiger partial charge in [-0.3, -0.25) is 9.59 Å². The van der Waals surface area contributed by atoms with Gasteiger partial charge in [-0.15, -0.1) is 0 Å². The molecule has 0 bridgehead atoms. The molecule has 2 aromatic rings. The molecular weight excluding hydrogens is 535 g/mol. The first-order valence-corrected chi connectivity index (χ1v) is 14.8. The lowest BCUT2D eigenvalue weighted by atomic mass is 9.74. The number of sulfonamides is 1. The van der Waals surface area contributed by atoms with Crippen molar-refractivity contribution in [3.8, 4) is 0 Å². The second kappa shape index (κ2) is 11.3. The Kier molecular flexibility index (Phi) is 8.53. The number of nitrogens with zero attached hydrogens (tertiary/aromatic N) is 2. The third kappa shape index (κ3) is 6.14. The number of likely N-dealkylation sites (tertiary alicyclic amines) is 1. The molecule has 2 fully saturated rings. The second-order valence-electron chi connectivity index (χ2n) is 10.0. The van der Waals surface area contributed by atoms with Crippen LogP contribution in [0, 0.1) is 5.92 Å². The van der Waals surface area contributed by atoms with E-state index in [9.17, 15) is 23.1 Å². The molecule has 1 heterocycles. The van der Waals surface area contributed by atoms with Gasteiger partial charge in [0, 0.05) is 41.5 Å². The van der Waals surface area contributed by atoms with E-state index >= 15 is 0 Å². The topological polar surface area (TPSA) is 95.0 Å². The van der Waals surface area contributed by atoms with Gasteiger partial charge in [0.1, 0.15) is 0 Å². The minimum atomic E-state index is -3.45. The van der Waals surface area contributed by atoms with Crippen molar-refractivity contribution in [3.63, 3.8) is 0 Å². The first kappa shape index (κ1) is 27.9. The summed E-state index contributed by atoms with van der Waals surface area (Å²) in [7, 11) is -1.89. The molecule has 2 aromatic carbocycles. The molecule has 2 aliphatic rings. The zero-order valence-corrected chi connectivity index (χ0v) is 23.2. The first-order chi connectivity index (χ1) is 17.5. The fourth-order valence-corrected chi connectivity index (χ4v) is 7.36. The summed E-state index contributed by atoms with van der Waals surface area (Å²) in [5.74, 6) is -2.31. The van der Waals surface area contributed by atoms with Crippen molar-refractivity contribution in [1.29, 1.82) is 0 Å². The van der Waals surface area contributed by atoms with Crippen LogP contribution in [0.4, 0.5) is 0 Å². The zero-order valence-electron chi connectivity index (χ0n) is 20.9. The molecule has 1 unspecified atom stereocenters. The monoisotopic (exact) mass is 566 g/mol. The van der Waals surface area contributed by atoms with Gasteiger partial charge in [-0.05, 0) is 61.1 Å². The van der Waals surface area contributed by atoms with Crippen molar-refractivity contribution in [2.75, 3.05) is 13.6 Å². The number of carboxylic acids is 1. The van der Waals surface area contributed by atoms with Gasteiger partial charge in [-0.2, -0.15) is 0 Å². The molecule has 1 aliphatic heterocycles. The molecule has 200 valence electrons. The Balaban J connectivity index is 1.81. The number of carbonyl (C=O) groups excluding carboxylic acids is 1. The molecular formula is C27H32Cl2N2O5S. The van der Waals surface area contributed by atoms with E-state index in [0.29, 0.717) is 35.7 Å². The van der Waals surface area contributed by atoms with Gasteiger partial charge in [0.05, 0.1) is 17.7 Å². The van der Waals surface area contributed by atoms with Gasteiger partial charge in [-0.1, -0.05) is 54.4 Å². The van der Waals surface area contributed by atoms with Crippen LogP contribution in [0.25, 0.3) is 0 Å². The average molecular weight is 568 g/mol. The average Bonchev–Trinajstić information content (AvgIpc) is 3.70. The number of piperidine rings is 1. The molecule has 1 saturated carbocycles. The Morgan fingerprint density at radius 1 is 1.11 bits per heavy atom. The number of benzene rings is 2. The van der Waals surface area contributed by atoms with Gasteiger partial charge in [0.25, 0.3) is 0 Å². The maximum Gasteiger partial charge on any atom is 0.304 e. The fourth-order valence-electron chi connectivity index (χ4n) is 5.41. The van der Waals surface area contributed by atoms with Crippen LogP contribution in [-0.2, 0) is 19.6 Å². The van der Waals surface area contributed by atoms with Gasteiger partial charge in [-0.25, -0.2) is 12.7 Å². The molecule has 37 heavy (non-hydrogen) atoms. The van der Waals surface area contributed by atoms with Crippen LogP contribution in [0.1, 0.15) is 62.1 Å². The van der Waals surface area contributed by atoms with Crippen molar-refractivity contribution in [2.24, 2.45) is 5.92 Å². The van der Waals surface area contributed by atoms with Crippen LogP contribution >= 0.6 is 23.2 Å². The molecule has 7 nitrogen and oxygen atoms in total. The van der Waals surface area contributed by atoms with Crippen LogP contribution < -0.4 is 0 Å². The smallest absolute Gasteiger partial charge is 0.304 e. The summed E-state index contributed by atoms with van der Waals surface area (Å²) < 4.78 is 27.3. The molecule has 0 radical (unpaired) electrons. The van der Waals surface area contributed by atoms with Crippen molar-refractivity contribution in [2.45, 2.75) is 62.3 Å². The number of carbonyl (C=O) groups is 2. The van der Waals surface area contributed by atoms with E-state index in [1.54, 1.807) is 30.1 Å². The number of hydrogen-bond acceptors (Lipinski definition) is 4. The Hall–Kier alpha value is -2.13. The first-order valence-electron chi connectivity index (χ1n) is 12.5. The van der Waals surface area contributed by atoms with Crippen LogP contribution in [0.15, 0.2) is 48.5 Å². The largest absolute Gasteiger partial charge is 0.481 e. The molecule has 1 saturated heterocycles. The summed E-state index contributed by atoms with van der Waals surface area (Å²) in [6, 6.07) is 13.8. The highest BCUT2D eigenvalue weighted by atomic mass is 35.5. The third-order valence-corrected chi connectivity index (χ3v) is 10.3. The molecule has 4 atom stereocenters. The summed E-state index contributed by atoms with van der Waals surface area (Å²) >= 11 is 12.5. The van der Waals surface area contributed by atoms with E-state index in [1.165, 1.54) is 4.31 Å². The number of rotatable bonds is 10. The van der Waals surface area contributed by atoms with E-state index in [4.69, 9.17) is 23.2 Å². The predicted octanol–water partition coefficient (Wildman–Crippen LogP) is 5.34. The summed E-state index contributed by atoms with van der Waals surface area (Å²) in [4.78, 5) is 27.5. The van der Waals surface area contributed by atoms with E-state index in [1.807, 2.05) is 37.3 Å². The molecule has 1 aliphatic carbocycles. The van der Waals surface area contributed by atoms with Crippen molar-refractivity contribution in [1.82, 2.24) is 9.21 Å². The molecule has 10 heteroatoms. The second-order valence-corrected chi connectivity index (χ2v) is 13.2. The lowest BCUT2D eigenvalue weighted by Gasteiger charge is -2.49. The Morgan fingerprint density at radius 3 is 2.35 bits per heavy atom. The minimum Gasteiger partial charge on any atom is -0.481 e. The van der Waals surface area contributed by atoms with Crippen molar-refractivity contribution >= 4 is 45.1 Å². The maximum atomic E-state index is 14.0. The van der Waals surface area contributed by atoms with Crippen LogP contribution in [-0.4, -0.2) is 59.5 Å². The zero-order chi connectivity index (χ0) is 26.9. The lowest BCUT2D eigenvalue weighted by Crippen LogP contribution is -2.55. The van der Waals surface area contributed by atoms with E-state index in [2.05, 4.69) is 0 Å². The normalized spacial score (nSPS) is 23.3. The predicted molar refractivity (Wildman–Crippen MR) is 144 cm³/mol. The van der Waals surface area contributed by atoms with Crippen LogP contribution in [0.5, 0.6) is 0 Å². The molecule has 0 aromatic heterocycles. The maximum absolute atomic E-state index is 14.0. The number of amides is 1. The highest BCUT2D eigenvalue weighted by Crippen LogP contribution is 2.48. The van der Waals surface area contributed by atoms with Crippen LogP contribution in [0.2, 0.25) is 10.0 Å². The van der Waals surface area contributed by atoms with Gasteiger partial charge in [0.2, 0.25) is 15.9 Å². The minimum absolute atomic E-state index is 0.132. The molecule has 1 amide bonds. The van der Waals surface area contributed by atoms with Crippen molar-refractivity contribution < 1.29 is 23.1 Å². The Bertz CT molecular complexity index is 1250. The van der Waals surface area contributed by atoms with Gasteiger partial charge in [0.15, 0.2) is 0 Å². The molecule has 4 rings (SSSR count). The number of halogens is 2. The van der Waals surface area contributed by atoms with E-state index < -0.39 is 34.0 Å². The fraction of sp³-hybridized carbons (Fsp3) is 0.481. The molecule has 1 N–H and O–H groups in total. The summed E-state index contributed by atoms with van der Waals surface area (Å²) in [5.41, 5.74) is 1.75. The lowest BCUT2D eigenvalue weighted by molar-refractivity contribution is -0.152. The highest BCUT2D eigenvalue weighted by molar-refractivity contribution is 7.90. The molecule has 0 spiro atoms. The van der Waals surface area contributed by atoms with Crippen LogP contribution in [0.3, 0.4) is 0 Å². The van der Waals surface area contributed by atoms with Gasteiger partial charge < -0.3 is 10.0 Å². The number of likely N-dealkylation sites (N-methyl/N-ethyl adjacent to an activating group) is 1. The number of aliphatic carboxylic acids is 1.